The predicted molar refractivity (Wildman–Crippen MR) is 114 cm³/mol. The van der Waals surface area contributed by atoms with Crippen LogP contribution in [0.4, 0.5) is 0 Å². The third-order valence-corrected chi connectivity index (χ3v) is 6.52. The molecule has 0 fully saturated rings. The zero-order chi connectivity index (χ0) is 21.1. The lowest BCUT2D eigenvalue weighted by Crippen LogP contribution is -2.24. The first kappa shape index (κ1) is 19.6. The zero-order valence-corrected chi connectivity index (χ0v) is 18.1. The molecule has 5 nitrogen and oxygen atoms in total. The van der Waals surface area contributed by atoms with Crippen molar-refractivity contribution in [1.29, 1.82) is 0 Å². The fraction of sp³-hybridized carbons (Fsp3) is 0.261. The van der Waals surface area contributed by atoms with E-state index in [1.54, 1.807) is 31.2 Å². The fourth-order valence-corrected chi connectivity index (χ4v) is 3.95. The molecule has 1 unspecified atom stereocenters. The Hall–Kier alpha value is -2.73. The monoisotopic (exact) mass is 454 g/mol. The smallest absolute Gasteiger partial charge is 0.202 e. The van der Waals surface area contributed by atoms with Gasteiger partial charge in [0, 0.05) is 17.2 Å². The van der Waals surface area contributed by atoms with E-state index in [9.17, 15) is 14.4 Å². The number of methoxy groups -OCH3 is 1. The van der Waals surface area contributed by atoms with E-state index >= 15 is 0 Å². The number of aryl methyl sites for hydroxylation is 1. The van der Waals surface area contributed by atoms with Gasteiger partial charge in [0.2, 0.25) is 5.78 Å². The van der Waals surface area contributed by atoms with E-state index in [1.807, 2.05) is 13.8 Å². The van der Waals surface area contributed by atoms with Crippen molar-refractivity contribution in [3.8, 4) is 5.75 Å². The summed E-state index contributed by atoms with van der Waals surface area (Å²) in [6.07, 6.45) is 0.666. The van der Waals surface area contributed by atoms with Gasteiger partial charge in [-0.3, -0.25) is 14.4 Å². The normalized spacial score (nSPS) is 15.1. The molecular weight excluding hydrogens is 436 g/mol. The minimum atomic E-state index is -0.575. The fourth-order valence-electron chi connectivity index (χ4n) is 3.76. The number of ether oxygens (including phenoxy) is 1. The van der Waals surface area contributed by atoms with Gasteiger partial charge in [0.05, 0.1) is 27.9 Å². The van der Waals surface area contributed by atoms with Crippen LogP contribution in [0.1, 0.15) is 63.4 Å². The molecule has 6 heteroatoms. The highest BCUT2D eigenvalue weighted by atomic mass is 79.9. The van der Waals surface area contributed by atoms with Crippen LogP contribution in [0.15, 0.2) is 39.5 Å². The summed E-state index contributed by atoms with van der Waals surface area (Å²) in [7, 11) is 1.45. The van der Waals surface area contributed by atoms with E-state index < -0.39 is 4.32 Å². The molecule has 1 atom stereocenters. The Morgan fingerprint density at radius 2 is 1.79 bits per heavy atom. The number of alkyl halides is 1. The van der Waals surface area contributed by atoms with Crippen molar-refractivity contribution >= 4 is 38.5 Å². The molecule has 0 bridgehead atoms. The average molecular weight is 455 g/mol. The van der Waals surface area contributed by atoms with E-state index in [-0.39, 0.29) is 44.8 Å². The molecule has 0 N–H and O–H groups in total. The lowest BCUT2D eigenvalue weighted by Gasteiger charge is -2.23. The second-order valence-electron chi connectivity index (χ2n) is 7.39. The molecule has 1 aromatic heterocycles. The minimum Gasteiger partial charge on any atom is -0.496 e. The number of hydrogen-bond acceptors (Lipinski definition) is 5. The van der Waals surface area contributed by atoms with Gasteiger partial charge >= 0.3 is 0 Å². The molecule has 0 saturated carbocycles. The van der Waals surface area contributed by atoms with Gasteiger partial charge in [-0.15, -0.1) is 0 Å². The molecule has 4 rings (SSSR count). The van der Waals surface area contributed by atoms with E-state index in [1.165, 1.54) is 13.2 Å². The Bertz CT molecular complexity index is 1270. The molecule has 1 aliphatic carbocycles. The van der Waals surface area contributed by atoms with Crippen molar-refractivity contribution in [3.63, 3.8) is 0 Å². The van der Waals surface area contributed by atoms with Gasteiger partial charge in [0.15, 0.2) is 11.2 Å². The van der Waals surface area contributed by atoms with Crippen LogP contribution in [0.2, 0.25) is 0 Å². The molecule has 0 radical (unpaired) electrons. The van der Waals surface area contributed by atoms with Crippen LogP contribution in [0, 0.1) is 6.92 Å². The lowest BCUT2D eigenvalue weighted by atomic mass is 9.81. The van der Waals surface area contributed by atoms with Gasteiger partial charge in [0.25, 0.3) is 0 Å². The first-order valence-corrected chi connectivity index (χ1v) is 10.1. The average Bonchev–Trinajstić information content (AvgIpc) is 2.70. The Morgan fingerprint density at radius 1 is 1.07 bits per heavy atom. The number of carbonyl (C=O) groups is 2. The van der Waals surface area contributed by atoms with Crippen molar-refractivity contribution < 1.29 is 18.7 Å². The van der Waals surface area contributed by atoms with Crippen LogP contribution in [0.25, 0.3) is 11.0 Å². The second kappa shape index (κ2) is 6.66. The van der Waals surface area contributed by atoms with Crippen LogP contribution in [-0.4, -0.2) is 18.7 Å². The van der Waals surface area contributed by atoms with Crippen molar-refractivity contribution in [1.82, 2.24) is 0 Å². The molecule has 3 aromatic rings. The topological polar surface area (TPSA) is 73.6 Å². The Morgan fingerprint density at radius 3 is 2.45 bits per heavy atom. The van der Waals surface area contributed by atoms with Crippen molar-refractivity contribution in [2.75, 3.05) is 7.11 Å². The number of rotatable bonds is 3. The molecule has 148 valence electrons. The lowest BCUT2D eigenvalue weighted by molar-refractivity contribution is 0.0976. The van der Waals surface area contributed by atoms with Crippen molar-refractivity contribution in [3.05, 3.63) is 74.1 Å². The molecule has 29 heavy (non-hydrogen) atoms. The van der Waals surface area contributed by atoms with E-state index in [0.29, 0.717) is 28.9 Å². The number of ketones is 2. The maximum Gasteiger partial charge on any atom is 0.202 e. The maximum atomic E-state index is 13.5. The highest BCUT2D eigenvalue weighted by Gasteiger charge is 2.36. The SMILES string of the molecule is CCC(C)(Br)c1cc(=O)c2c(C)cc3c(c2o1)C(=O)c1c(OC)cccc1C3=O. The number of benzene rings is 2. The van der Waals surface area contributed by atoms with Crippen LogP contribution in [0.3, 0.4) is 0 Å². The minimum absolute atomic E-state index is 0.117. The largest absolute Gasteiger partial charge is 0.496 e. The van der Waals surface area contributed by atoms with Gasteiger partial charge in [0.1, 0.15) is 17.1 Å². The summed E-state index contributed by atoms with van der Waals surface area (Å²) in [6, 6.07) is 7.98. The molecule has 0 aliphatic heterocycles. The predicted octanol–water partition coefficient (Wildman–Crippen LogP) is 4.91. The molecule has 2 aromatic carbocycles. The van der Waals surface area contributed by atoms with Gasteiger partial charge in [-0.2, -0.15) is 0 Å². The number of carbonyl (C=O) groups excluding carboxylic acids is 2. The quantitative estimate of drug-likeness (QED) is 0.411. The van der Waals surface area contributed by atoms with E-state index in [0.717, 1.165) is 0 Å². The second-order valence-corrected chi connectivity index (χ2v) is 9.14. The summed E-state index contributed by atoms with van der Waals surface area (Å²) in [5.74, 6) is 0.0581. The first-order valence-electron chi connectivity index (χ1n) is 9.28. The van der Waals surface area contributed by atoms with Gasteiger partial charge in [-0.05, 0) is 38.0 Å². The summed E-state index contributed by atoms with van der Waals surface area (Å²) >= 11 is 3.59. The van der Waals surface area contributed by atoms with E-state index in [4.69, 9.17) is 9.15 Å². The maximum absolute atomic E-state index is 13.5. The van der Waals surface area contributed by atoms with Crippen molar-refractivity contribution in [2.45, 2.75) is 31.5 Å². The third kappa shape index (κ3) is 2.77. The summed E-state index contributed by atoms with van der Waals surface area (Å²) in [5.41, 5.74) is 1.35. The molecular formula is C23H19BrO5. The van der Waals surface area contributed by atoms with Crippen LogP contribution >= 0.6 is 15.9 Å². The summed E-state index contributed by atoms with van der Waals surface area (Å²) in [4.78, 5) is 39.6. The summed E-state index contributed by atoms with van der Waals surface area (Å²) in [6.45, 7) is 5.59. The van der Waals surface area contributed by atoms with Crippen molar-refractivity contribution in [2.24, 2.45) is 0 Å². The Balaban J connectivity index is 2.15. The number of fused-ring (bicyclic) bond motifs is 4. The van der Waals surface area contributed by atoms with Crippen LogP contribution < -0.4 is 10.2 Å². The van der Waals surface area contributed by atoms with Gasteiger partial charge < -0.3 is 9.15 Å². The highest BCUT2D eigenvalue weighted by molar-refractivity contribution is 9.09. The Labute approximate surface area is 175 Å². The molecule has 1 aliphatic rings. The Kier molecular flexibility index (Phi) is 4.50. The van der Waals surface area contributed by atoms with Gasteiger partial charge in [-0.1, -0.05) is 35.0 Å². The zero-order valence-electron chi connectivity index (χ0n) is 16.5. The highest BCUT2D eigenvalue weighted by Crippen LogP contribution is 2.40. The number of halogens is 1. The van der Waals surface area contributed by atoms with Crippen LogP contribution in [-0.2, 0) is 4.32 Å². The summed E-state index contributed by atoms with van der Waals surface area (Å²) < 4.78 is 10.9. The van der Waals surface area contributed by atoms with Crippen LogP contribution in [0.5, 0.6) is 5.75 Å². The molecule has 1 heterocycles. The molecule has 0 amide bonds. The van der Waals surface area contributed by atoms with Gasteiger partial charge in [-0.25, -0.2) is 0 Å². The standard InChI is InChI=1S/C23H19BrO5/c1-5-23(3,24)16-10-14(25)17-11(2)9-13-19(22(17)29-16)21(27)18-12(20(13)26)7-6-8-15(18)28-4/h6-10H,5H2,1-4H3. The molecule has 0 saturated heterocycles. The third-order valence-electron chi connectivity index (χ3n) is 5.57. The summed E-state index contributed by atoms with van der Waals surface area (Å²) in [5, 5.41) is 0.311. The first-order chi connectivity index (χ1) is 13.7. The van der Waals surface area contributed by atoms with E-state index in [2.05, 4.69) is 15.9 Å². The number of hydrogen-bond donors (Lipinski definition) is 0. The molecule has 0 spiro atoms.